The average molecular weight is 475 g/mol. The van der Waals surface area contributed by atoms with Crippen LogP contribution in [0.2, 0.25) is 0 Å². The molecular weight excluding hydrogens is 453 g/mol. The molecule has 0 N–H and O–H groups in total. The first kappa shape index (κ1) is 23.2. The van der Waals surface area contributed by atoms with Gasteiger partial charge in [-0.1, -0.05) is 46.4 Å². The fourth-order valence-electron chi connectivity index (χ4n) is 4.52. The van der Waals surface area contributed by atoms with Gasteiger partial charge in [-0.05, 0) is 52.8 Å². The van der Waals surface area contributed by atoms with Crippen LogP contribution in [-0.2, 0) is 30.0 Å². The van der Waals surface area contributed by atoms with E-state index in [0.29, 0.717) is 11.1 Å². The van der Waals surface area contributed by atoms with Crippen molar-refractivity contribution in [3.8, 4) is 0 Å². The number of halogens is 6. The molecule has 2 fully saturated rings. The van der Waals surface area contributed by atoms with Crippen LogP contribution in [0.4, 0.5) is 26.3 Å². The molecule has 2 aromatic carbocycles. The van der Waals surface area contributed by atoms with E-state index in [4.69, 9.17) is 0 Å². The Kier molecular flexibility index (Phi) is 6.36. The van der Waals surface area contributed by atoms with Gasteiger partial charge in [0.05, 0.1) is 36.3 Å². The molecule has 1 aliphatic carbocycles. The van der Waals surface area contributed by atoms with E-state index in [0.717, 1.165) is 49.9 Å². The highest BCUT2D eigenvalue weighted by atomic mass is 31.1. The van der Waals surface area contributed by atoms with Gasteiger partial charge >= 0.3 is 20.5 Å². The summed E-state index contributed by atoms with van der Waals surface area (Å²) in [6.45, 7) is 0.524. The first-order valence-corrected chi connectivity index (χ1v) is 11.5. The highest BCUT2D eigenvalue weighted by Gasteiger charge is 2.57. The molecule has 0 bridgehead atoms. The van der Waals surface area contributed by atoms with Crippen LogP contribution in [0.25, 0.3) is 0 Å². The molecule has 3 nitrogen and oxygen atoms in total. The minimum Gasteiger partial charge on any atom is -0.166 e. The van der Waals surface area contributed by atoms with Gasteiger partial charge < -0.3 is 0 Å². The molecular formula is C22H22F6N2OP+. The summed E-state index contributed by atoms with van der Waals surface area (Å²) >= 11 is 0. The molecule has 2 aromatic rings. The van der Waals surface area contributed by atoms with Crippen LogP contribution in [0.1, 0.15) is 47.9 Å². The zero-order chi connectivity index (χ0) is 23.1. The SMILES string of the molecule is O=[P+]1N(Cc2ccc(C(F)(F)F)cc2)[C@@H]2CCCC[C@H]2N1Cc1ccc(C(F)(F)F)cc1. The summed E-state index contributed by atoms with van der Waals surface area (Å²) in [6.07, 6.45) is -5.22. The van der Waals surface area contributed by atoms with Crippen molar-refractivity contribution >= 4 is 8.10 Å². The van der Waals surface area contributed by atoms with Gasteiger partial charge in [0, 0.05) is 0 Å². The molecule has 0 radical (unpaired) electrons. The van der Waals surface area contributed by atoms with E-state index < -0.39 is 31.6 Å². The van der Waals surface area contributed by atoms with E-state index in [2.05, 4.69) is 0 Å². The number of benzene rings is 2. The highest BCUT2D eigenvalue weighted by Crippen LogP contribution is 2.51. The second-order valence-corrected chi connectivity index (χ2v) is 9.79. The van der Waals surface area contributed by atoms with Crippen LogP contribution in [-0.4, -0.2) is 21.4 Å². The lowest BCUT2D eigenvalue weighted by Gasteiger charge is -2.26. The molecule has 0 aromatic heterocycles. The maximum absolute atomic E-state index is 13.4. The van der Waals surface area contributed by atoms with E-state index in [-0.39, 0.29) is 25.2 Å². The first-order valence-electron chi connectivity index (χ1n) is 10.4. The Bertz CT molecular complexity index is 881. The van der Waals surface area contributed by atoms with Crippen molar-refractivity contribution in [1.82, 2.24) is 9.34 Å². The Labute approximate surface area is 182 Å². The van der Waals surface area contributed by atoms with E-state index >= 15 is 0 Å². The molecule has 1 heterocycles. The number of rotatable bonds is 4. The lowest BCUT2D eigenvalue weighted by atomic mass is 9.90. The van der Waals surface area contributed by atoms with Crippen molar-refractivity contribution in [3.63, 3.8) is 0 Å². The monoisotopic (exact) mass is 475 g/mol. The van der Waals surface area contributed by atoms with Gasteiger partial charge in [-0.25, -0.2) is 0 Å². The third-order valence-electron chi connectivity index (χ3n) is 6.15. The Morgan fingerprint density at radius 2 is 1.03 bits per heavy atom. The minimum atomic E-state index is -4.41. The molecule has 0 spiro atoms. The summed E-state index contributed by atoms with van der Waals surface area (Å²) in [5.74, 6) is 0. The number of alkyl halides is 6. The second kappa shape index (κ2) is 8.76. The smallest absolute Gasteiger partial charge is 0.166 e. The quantitative estimate of drug-likeness (QED) is 0.351. The Hall–Kier alpha value is -1.96. The molecule has 1 aliphatic heterocycles. The summed E-state index contributed by atoms with van der Waals surface area (Å²) in [6, 6.07) is 9.73. The van der Waals surface area contributed by atoms with Crippen LogP contribution >= 0.6 is 8.10 Å². The predicted molar refractivity (Wildman–Crippen MR) is 108 cm³/mol. The predicted octanol–water partition coefficient (Wildman–Crippen LogP) is 7.01. The maximum Gasteiger partial charge on any atom is 0.538 e. The molecule has 2 aliphatic rings. The maximum atomic E-state index is 13.4. The van der Waals surface area contributed by atoms with Gasteiger partial charge in [-0.15, -0.1) is 0 Å². The van der Waals surface area contributed by atoms with Crippen LogP contribution in [0, 0.1) is 0 Å². The standard InChI is InChI=1S/C22H22F6N2OP/c23-21(24,25)17-9-5-15(6-10-17)13-29-19-3-1-2-4-20(19)30(32(29)31)14-16-7-11-18(12-8-16)22(26,27)28/h5-12,19-20H,1-4,13-14H2/q+1/t19-,20-/m1/s1. The van der Waals surface area contributed by atoms with Crippen molar-refractivity contribution in [3.05, 3.63) is 70.8 Å². The van der Waals surface area contributed by atoms with Gasteiger partial charge in [-0.2, -0.15) is 26.3 Å². The normalized spacial score (nSPS) is 22.9. The van der Waals surface area contributed by atoms with Gasteiger partial charge in [0.15, 0.2) is 0 Å². The summed E-state index contributed by atoms with van der Waals surface area (Å²) in [4.78, 5) is 0. The van der Waals surface area contributed by atoms with E-state index in [1.807, 2.05) is 9.34 Å². The van der Waals surface area contributed by atoms with E-state index in [1.165, 1.54) is 24.3 Å². The number of hydrogen-bond acceptors (Lipinski definition) is 1. The molecule has 2 atom stereocenters. The second-order valence-electron chi connectivity index (χ2n) is 8.26. The van der Waals surface area contributed by atoms with Crippen molar-refractivity contribution in [1.29, 1.82) is 0 Å². The lowest BCUT2D eigenvalue weighted by molar-refractivity contribution is -0.138. The zero-order valence-corrected chi connectivity index (χ0v) is 17.9. The Morgan fingerprint density at radius 1 is 0.688 bits per heavy atom. The summed E-state index contributed by atoms with van der Waals surface area (Å²) in [5, 5.41) is 0. The fraction of sp³-hybridized carbons (Fsp3) is 0.455. The van der Waals surface area contributed by atoms with E-state index in [1.54, 1.807) is 0 Å². The molecule has 1 saturated heterocycles. The molecule has 0 unspecified atom stereocenters. The van der Waals surface area contributed by atoms with Crippen molar-refractivity contribution in [2.24, 2.45) is 0 Å². The zero-order valence-electron chi connectivity index (χ0n) is 17.0. The van der Waals surface area contributed by atoms with Gasteiger partial charge in [0.2, 0.25) is 0 Å². The molecule has 32 heavy (non-hydrogen) atoms. The van der Waals surface area contributed by atoms with Crippen LogP contribution in [0.15, 0.2) is 48.5 Å². The molecule has 0 amide bonds. The lowest BCUT2D eigenvalue weighted by Crippen LogP contribution is -2.39. The van der Waals surface area contributed by atoms with Gasteiger partial charge in [0.1, 0.15) is 0 Å². The third kappa shape index (κ3) is 4.85. The van der Waals surface area contributed by atoms with Crippen molar-refractivity contribution < 1.29 is 30.9 Å². The largest absolute Gasteiger partial charge is 0.538 e. The number of nitrogens with zero attached hydrogens (tertiary/aromatic N) is 2. The summed E-state index contributed by atoms with van der Waals surface area (Å²) < 4.78 is 94.0. The topological polar surface area (TPSA) is 23.6 Å². The fourth-order valence-corrected chi connectivity index (χ4v) is 6.43. The van der Waals surface area contributed by atoms with Crippen molar-refractivity contribution in [2.75, 3.05) is 0 Å². The van der Waals surface area contributed by atoms with Crippen molar-refractivity contribution in [2.45, 2.75) is 63.2 Å². The third-order valence-corrected chi connectivity index (χ3v) is 7.91. The Morgan fingerprint density at radius 3 is 1.34 bits per heavy atom. The number of fused-ring (bicyclic) bond motifs is 1. The Balaban J connectivity index is 1.52. The van der Waals surface area contributed by atoms with Crippen LogP contribution < -0.4 is 0 Å². The molecule has 172 valence electrons. The summed E-state index contributed by atoms with van der Waals surface area (Å²) in [5.41, 5.74) is -0.179. The van der Waals surface area contributed by atoms with Crippen LogP contribution in [0.3, 0.4) is 0 Å². The highest BCUT2D eigenvalue weighted by molar-refractivity contribution is 7.39. The summed E-state index contributed by atoms with van der Waals surface area (Å²) in [7, 11) is -1.98. The molecule has 10 heteroatoms. The van der Waals surface area contributed by atoms with E-state index in [9.17, 15) is 30.9 Å². The first-order chi connectivity index (χ1) is 15.0. The average Bonchev–Trinajstić information content (AvgIpc) is 2.99. The van der Waals surface area contributed by atoms with Gasteiger partial charge in [-0.3, -0.25) is 0 Å². The molecule has 4 rings (SSSR count). The number of hydrogen-bond donors (Lipinski definition) is 0. The van der Waals surface area contributed by atoms with Gasteiger partial charge in [0.25, 0.3) is 0 Å². The molecule has 1 saturated carbocycles. The minimum absolute atomic E-state index is 0.00380. The van der Waals surface area contributed by atoms with Crippen LogP contribution in [0.5, 0.6) is 0 Å².